The highest BCUT2D eigenvalue weighted by molar-refractivity contribution is 5.61. The molecule has 3 aromatic rings. The minimum atomic E-state index is -0.801. The topological polar surface area (TPSA) is 75.6 Å². The molecule has 2 N–H and O–H groups in total. The second-order valence-corrected chi connectivity index (χ2v) is 5.72. The molecule has 0 unspecified atom stereocenters. The third-order valence-electron chi connectivity index (χ3n) is 3.20. The monoisotopic (exact) mass is 360 g/mol. The van der Waals surface area contributed by atoms with Crippen LogP contribution in [0, 0.1) is 17.5 Å². The van der Waals surface area contributed by atoms with Gasteiger partial charge in [0.25, 0.3) is 0 Å². The normalized spacial score (nSPS) is 10.8. The van der Waals surface area contributed by atoms with Crippen LogP contribution in [-0.2, 0) is 0 Å². The Kier molecular flexibility index (Phi) is 4.97. The molecule has 0 aliphatic carbocycles. The number of anilines is 3. The van der Waals surface area contributed by atoms with E-state index in [0.717, 1.165) is 18.3 Å². The van der Waals surface area contributed by atoms with Gasteiger partial charge < -0.3 is 10.6 Å². The molecule has 0 spiro atoms. The van der Waals surface area contributed by atoms with E-state index in [1.54, 1.807) is 0 Å². The van der Waals surface area contributed by atoms with Crippen molar-refractivity contribution in [3.8, 4) is 11.4 Å². The minimum absolute atomic E-state index is 0.00629. The number of halogens is 3. The average molecular weight is 360 g/mol. The summed E-state index contributed by atoms with van der Waals surface area (Å²) in [5, 5.41) is 5.71. The lowest BCUT2D eigenvalue weighted by molar-refractivity contribution is 0.587. The van der Waals surface area contributed by atoms with Gasteiger partial charge in [-0.1, -0.05) is 6.07 Å². The maximum atomic E-state index is 14.1. The predicted molar refractivity (Wildman–Crippen MR) is 91.4 cm³/mol. The Bertz CT molecular complexity index is 912. The molecule has 26 heavy (non-hydrogen) atoms. The van der Waals surface area contributed by atoms with E-state index < -0.39 is 17.5 Å². The highest BCUT2D eigenvalue weighted by Crippen LogP contribution is 2.25. The van der Waals surface area contributed by atoms with Gasteiger partial charge in [0.15, 0.2) is 5.82 Å². The van der Waals surface area contributed by atoms with Crippen molar-refractivity contribution in [2.24, 2.45) is 0 Å². The minimum Gasteiger partial charge on any atom is -0.352 e. The summed E-state index contributed by atoms with van der Waals surface area (Å²) in [5.41, 5.74) is -0.0891. The van der Waals surface area contributed by atoms with Crippen molar-refractivity contribution in [2.45, 2.75) is 19.9 Å². The average Bonchev–Trinajstić information content (AvgIpc) is 2.54. The molecule has 0 aliphatic rings. The largest absolute Gasteiger partial charge is 0.352 e. The number of pyridine rings is 1. The molecule has 6 nitrogen and oxygen atoms in total. The third-order valence-corrected chi connectivity index (χ3v) is 3.20. The molecule has 0 saturated carbocycles. The SMILES string of the molecule is CC(C)Nc1nc(Nc2cncc(F)c2)nc(-c2c(F)cccc2F)n1. The summed E-state index contributed by atoms with van der Waals surface area (Å²) >= 11 is 0. The molecule has 134 valence electrons. The van der Waals surface area contributed by atoms with E-state index >= 15 is 0 Å². The van der Waals surface area contributed by atoms with Crippen LogP contribution >= 0.6 is 0 Å². The summed E-state index contributed by atoms with van der Waals surface area (Å²) in [6, 6.07) is 4.64. The van der Waals surface area contributed by atoms with Crippen molar-refractivity contribution in [2.75, 3.05) is 10.6 Å². The van der Waals surface area contributed by atoms with E-state index in [-0.39, 0.29) is 35.0 Å². The van der Waals surface area contributed by atoms with Crippen molar-refractivity contribution in [3.05, 3.63) is 54.1 Å². The van der Waals surface area contributed by atoms with Crippen LogP contribution in [0.3, 0.4) is 0 Å². The summed E-state index contributed by atoms with van der Waals surface area (Å²) in [6.07, 6.45) is 2.41. The van der Waals surface area contributed by atoms with Crippen LogP contribution < -0.4 is 10.6 Å². The second kappa shape index (κ2) is 7.34. The first-order valence-electron chi connectivity index (χ1n) is 7.77. The number of benzene rings is 1. The fourth-order valence-corrected chi connectivity index (χ4v) is 2.19. The van der Waals surface area contributed by atoms with E-state index in [9.17, 15) is 13.2 Å². The molecule has 0 radical (unpaired) electrons. The lowest BCUT2D eigenvalue weighted by atomic mass is 10.2. The molecule has 0 amide bonds. The Labute approximate surface area is 147 Å². The van der Waals surface area contributed by atoms with E-state index in [0.29, 0.717) is 0 Å². The number of nitrogens with one attached hydrogen (secondary N) is 2. The summed E-state index contributed by atoms with van der Waals surface area (Å²) in [5.74, 6) is -2.22. The van der Waals surface area contributed by atoms with Crippen molar-refractivity contribution in [3.63, 3.8) is 0 Å². The van der Waals surface area contributed by atoms with Gasteiger partial charge in [0, 0.05) is 12.1 Å². The molecule has 2 aromatic heterocycles. The van der Waals surface area contributed by atoms with Crippen LogP contribution in [0.2, 0.25) is 0 Å². The van der Waals surface area contributed by atoms with E-state index in [1.807, 2.05) is 13.8 Å². The van der Waals surface area contributed by atoms with Crippen molar-refractivity contribution in [1.82, 2.24) is 19.9 Å². The van der Waals surface area contributed by atoms with E-state index in [1.165, 1.54) is 18.3 Å². The van der Waals surface area contributed by atoms with Crippen LogP contribution in [0.15, 0.2) is 36.7 Å². The summed E-state index contributed by atoms with van der Waals surface area (Å²) in [7, 11) is 0. The van der Waals surface area contributed by atoms with Gasteiger partial charge >= 0.3 is 0 Å². The lowest BCUT2D eigenvalue weighted by Crippen LogP contribution is -2.15. The van der Waals surface area contributed by atoms with E-state index in [4.69, 9.17) is 0 Å². The standard InChI is InChI=1S/C17H15F3N6/c1-9(2)22-16-24-15(14-12(19)4-3-5-13(14)20)25-17(26-16)23-11-6-10(18)7-21-8-11/h3-9H,1-2H3,(H2,22,23,24,25,26). The Hall–Kier alpha value is -3.23. The maximum absolute atomic E-state index is 14.1. The highest BCUT2D eigenvalue weighted by atomic mass is 19.1. The molecule has 3 rings (SSSR count). The van der Waals surface area contributed by atoms with Gasteiger partial charge in [-0.3, -0.25) is 4.98 Å². The van der Waals surface area contributed by atoms with Gasteiger partial charge in [0.05, 0.1) is 23.6 Å². The number of hydrogen-bond acceptors (Lipinski definition) is 6. The maximum Gasteiger partial charge on any atom is 0.232 e. The number of rotatable bonds is 5. The molecule has 9 heteroatoms. The van der Waals surface area contributed by atoms with Gasteiger partial charge in [0.2, 0.25) is 11.9 Å². The quantitative estimate of drug-likeness (QED) is 0.718. The fourth-order valence-electron chi connectivity index (χ4n) is 2.19. The van der Waals surface area contributed by atoms with Crippen LogP contribution in [0.25, 0.3) is 11.4 Å². The molecule has 0 atom stereocenters. The summed E-state index contributed by atoms with van der Waals surface area (Å²) < 4.78 is 41.5. The van der Waals surface area contributed by atoms with Gasteiger partial charge in [-0.05, 0) is 26.0 Å². The van der Waals surface area contributed by atoms with Crippen LogP contribution in [0.1, 0.15) is 13.8 Å². The molecular weight excluding hydrogens is 345 g/mol. The molecule has 0 fully saturated rings. The molecule has 0 aliphatic heterocycles. The zero-order valence-electron chi connectivity index (χ0n) is 14.0. The Balaban J connectivity index is 2.07. The van der Waals surface area contributed by atoms with E-state index in [2.05, 4.69) is 30.6 Å². The Morgan fingerprint density at radius 3 is 2.27 bits per heavy atom. The van der Waals surface area contributed by atoms with Crippen molar-refractivity contribution in [1.29, 1.82) is 0 Å². The zero-order chi connectivity index (χ0) is 18.7. The summed E-state index contributed by atoms with van der Waals surface area (Å²) in [4.78, 5) is 16.0. The molecule has 2 heterocycles. The number of nitrogens with zero attached hydrogens (tertiary/aromatic N) is 4. The zero-order valence-corrected chi connectivity index (χ0v) is 14.0. The fraction of sp³-hybridized carbons (Fsp3) is 0.176. The smallest absolute Gasteiger partial charge is 0.232 e. The van der Waals surface area contributed by atoms with Gasteiger partial charge in [-0.15, -0.1) is 0 Å². The second-order valence-electron chi connectivity index (χ2n) is 5.72. The first kappa shape index (κ1) is 17.6. The Morgan fingerprint density at radius 2 is 1.62 bits per heavy atom. The van der Waals surface area contributed by atoms with Crippen LogP contribution in [-0.4, -0.2) is 26.0 Å². The molecule has 0 saturated heterocycles. The first-order chi connectivity index (χ1) is 12.4. The number of hydrogen-bond donors (Lipinski definition) is 2. The number of aromatic nitrogens is 4. The van der Waals surface area contributed by atoms with Crippen molar-refractivity contribution < 1.29 is 13.2 Å². The Morgan fingerprint density at radius 1 is 0.923 bits per heavy atom. The predicted octanol–water partition coefficient (Wildman–Crippen LogP) is 3.91. The van der Waals surface area contributed by atoms with Gasteiger partial charge in [-0.2, -0.15) is 15.0 Å². The van der Waals surface area contributed by atoms with Gasteiger partial charge in [-0.25, -0.2) is 13.2 Å². The lowest BCUT2D eigenvalue weighted by Gasteiger charge is -2.12. The molecular formula is C17H15F3N6. The molecule has 1 aromatic carbocycles. The van der Waals surface area contributed by atoms with Crippen molar-refractivity contribution >= 4 is 17.6 Å². The van der Waals surface area contributed by atoms with Crippen LogP contribution in [0.4, 0.5) is 30.8 Å². The molecule has 0 bridgehead atoms. The first-order valence-corrected chi connectivity index (χ1v) is 7.77. The third kappa shape index (κ3) is 4.05. The van der Waals surface area contributed by atoms with Crippen LogP contribution in [0.5, 0.6) is 0 Å². The van der Waals surface area contributed by atoms with Gasteiger partial charge in [0.1, 0.15) is 17.5 Å². The highest BCUT2D eigenvalue weighted by Gasteiger charge is 2.17. The summed E-state index contributed by atoms with van der Waals surface area (Å²) in [6.45, 7) is 3.72.